The molecule has 1 N–H and O–H groups in total. The summed E-state index contributed by atoms with van der Waals surface area (Å²) in [6.45, 7) is 8.12. The summed E-state index contributed by atoms with van der Waals surface area (Å²) in [7, 11) is 0. The van der Waals surface area contributed by atoms with Gasteiger partial charge >= 0.3 is 0 Å². The molecule has 0 atom stereocenters. The Labute approximate surface area is 184 Å². The van der Waals surface area contributed by atoms with Crippen LogP contribution in [0.4, 0.5) is 5.69 Å². The summed E-state index contributed by atoms with van der Waals surface area (Å²) in [5.41, 5.74) is 7.92. The van der Waals surface area contributed by atoms with Gasteiger partial charge in [-0.15, -0.1) is 11.3 Å². The second kappa shape index (κ2) is 7.36. The lowest BCUT2D eigenvalue weighted by Gasteiger charge is -2.05. The maximum Gasteiger partial charge on any atom is 0.291 e. The second-order valence-corrected chi connectivity index (χ2v) is 9.04. The van der Waals surface area contributed by atoms with Crippen LogP contribution in [0.25, 0.3) is 31.8 Å². The molecule has 0 fully saturated rings. The van der Waals surface area contributed by atoms with Crippen LogP contribution in [0.2, 0.25) is 0 Å². The minimum atomic E-state index is -0.243. The summed E-state index contributed by atoms with van der Waals surface area (Å²) in [6, 6.07) is 18.1. The van der Waals surface area contributed by atoms with Gasteiger partial charge in [-0.3, -0.25) is 4.79 Å². The molecule has 0 saturated carbocycles. The number of hydrogen-bond donors (Lipinski definition) is 1. The molecular formula is C26H22N2O2S. The monoisotopic (exact) mass is 426 g/mol. The van der Waals surface area contributed by atoms with Crippen LogP contribution < -0.4 is 5.32 Å². The van der Waals surface area contributed by atoms with Crippen molar-refractivity contribution in [2.24, 2.45) is 0 Å². The maximum absolute atomic E-state index is 12.9. The number of nitrogens with one attached hydrogen (secondary N) is 1. The first-order valence-corrected chi connectivity index (χ1v) is 11.0. The molecular weight excluding hydrogens is 404 g/mol. The summed E-state index contributed by atoms with van der Waals surface area (Å²) in [5, 5.41) is 4.90. The molecule has 0 aliphatic carbocycles. The summed E-state index contributed by atoms with van der Waals surface area (Å²) in [6.07, 6.45) is 0. The Hall–Kier alpha value is -3.44. The first kappa shape index (κ1) is 19.5. The fourth-order valence-electron chi connectivity index (χ4n) is 3.73. The van der Waals surface area contributed by atoms with Gasteiger partial charge in [0.1, 0.15) is 10.6 Å². The highest BCUT2D eigenvalue weighted by molar-refractivity contribution is 7.21. The van der Waals surface area contributed by atoms with Gasteiger partial charge in [0, 0.05) is 22.2 Å². The quantitative estimate of drug-likeness (QED) is 0.332. The molecule has 1 amide bonds. The molecule has 0 aliphatic heterocycles. The highest BCUT2D eigenvalue weighted by Crippen LogP contribution is 2.32. The molecule has 154 valence electrons. The van der Waals surface area contributed by atoms with Crippen LogP contribution in [-0.4, -0.2) is 10.9 Å². The SMILES string of the molecule is Cc1ccc2nc(-c3ccc(NC(=O)c4oc5cc(C)c(C)cc5c4C)cc3)sc2c1. The zero-order valence-electron chi connectivity index (χ0n) is 17.9. The minimum absolute atomic E-state index is 0.243. The Morgan fingerprint density at radius 1 is 0.935 bits per heavy atom. The number of benzene rings is 3. The largest absolute Gasteiger partial charge is 0.451 e. The van der Waals surface area contributed by atoms with E-state index in [1.165, 1.54) is 15.8 Å². The summed E-state index contributed by atoms with van der Waals surface area (Å²) < 4.78 is 7.06. The fourth-order valence-corrected chi connectivity index (χ4v) is 4.80. The lowest BCUT2D eigenvalue weighted by molar-refractivity contribution is 0.0998. The van der Waals surface area contributed by atoms with E-state index >= 15 is 0 Å². The molecule has 0 unspecified atom stereocenters. The predicted octanol–water partition coefficient (Wildman–Crippen LogP) is 7.20. The minimum Gasteiger partial charge on any atom is -0.451 e. The highest BCUT2D eigenvalue weighted by atomic mass is 32.1. The van der Waals surface area contributed by atoms with E-state index in [-0.39, 0.29) is 5.91 Å². The first-order chi connectivity index (χ1) is 14.9. The van der Waals surface area contributed by atoms with Crippen LogP contribution in [0.15, 0.2) is 59.0 Å². The maximum atomic E-state index is 12.9. The average Bonchev–Trinajstić information content (AvgIpc) is 3.30. The summed E-state index contributed by atoms with van der Waals surface area (Å²) in [4.78, 5) is 17.6. The van der Waals surface area contributed by atoms with Crippen LogP contribution >= 0.6 is 11.3 Å². The van der Waals surface area contributed by atoms with Crippen molar-refractivity contribution >= 4 is 44.1 Å². The van der Waals surface area contributed by atoms with E-state index in [1.807, 2.05) is 44.2 Å². The van der Waals surface area contributed by atoms with Crippen molar-refractivity contribution in [3.05, 3.63) is 82.6 Å². The standard InChI is InChI=1S/C26H22N2O2S/c1-14-5-10-21-23(11-14)31-26(28-21)18-6-8-19(9-7-18)27-25(29)24-17(4)20-12-15(2)16(3)13-22(20)30-24/h5-13H,1-4H3,(H,27,29). The second-order valence-electron chi connectivity index (χ2n) is 8.01. The van der Waals surface area contributed by atoms with Crippen molar-refractivity contribution in [1.82, 2.24) is 4.98 Å². The molecule has 4 nitrogen and oxygen atoms in total. The topological polar surface area (TPSA) is 55.1 Å². The van der Waals surface area contributed by atoms with Crippen molar-refractivity contribution in [3.8, 4) is 10.6 Å². The van der Waals surface area contributed by atoms with Gasteiger partial charge in [0.05, 0.1) is 10.2 Å². The van der Waals surface area contributed by atoms with Crippen LogP contribution in [0.5, 0.6) is 0 Å². The van der Waals surface area contributed by atoms with Crippen LogP contribution in [-0.2, 0) is 0 Å². The number of fused-ring (bicyclic) bond motifs is 2. The third-order valence-corrected chi connectivity index (χ3v) is 6.76. The zero-order chi connectivity index (χ0) is 21.7. The van der Waals surface area contributed by atoms with Crippen LogP contribution in [0.3, 0.4) is 0 Å². The number of furan rings is 1. The van der Waals surface area contributed by atoms with Gasteiger partial charge in [0.15, 0.2) is 5.76 Å². The van der Waals surface area contributed by atoms with E-state index < -0.39 is 0 Å². The molecule has 2 heterocycles. The Bertz CT molecular complexity index is 1460. The molecule has 0 spiro atoms. The van der Waals surface area contributed by atoms with Gasteiger partial charge in [0.25, 0.3) is 5.91 Å². The predicted molar refractivity (Wildman–Crippen MR) is 128 cm³/mol. The highest BCUT2D eigenvalue weighted by Gasteiger charge is 2.18. The summed E-state index contributed by atoms with van der Waals surface area (Å²) >= 11 is 1.67. The van der Waals surface area contributed by atoms with E-state index in [2.05, 4.69) is 43.4 Å². The molecule has 5 heteroatoms. The van der Waals surface area contributed by atoms with Gasteiger partial charge in [-0.1, -0.05) is 6.07 Å². The van der Waals surface area contributed by atoms with E-state index in [9.17, 15) is 4.79 Å². The number of aromatic nitrogens is 1. The number of carbonyl (C=O) groups is 1. The Morgan fingerprint density at radius 3 is 2.45 bits per heavy atom. The number of hydrogen-bond acceptors (Lipinski definition) is 4. The number of thiazole rings is 1. The van der Waals surface area contributed by atoms with Crippen LogP contribution in [0.1, 0.15) is 32.8 Å². The third kappa shape index (κ3) is 3.51. The van der Waals surface area contributed by atoms with Gasteiger partial charge in [0.2, 0.25) is 0 Å². The first-order valence-electron chi connectivity index (χ1n) is 10.2. The number of anilines is 1. The molecule has 0 bridgehead atoms. The third-order valence-electron chi connectivity index (χ3n) is 5.69. The molecule has 2 aromatic heterocycles. The molecule has 5 aromatic rings. The van der Waals surface area contributed by atoms with E-state index in [1.54, 1.807) is 11.3 Å². The normalized spacial score (nSPS) is 11.4. The van der Waals surface area contributed by atoms with Gasteiger partial charge in [-0.2, -0.15) is 0 Å². The molecule has 0 radical (unpaired) electrons. The van der Waals surface area contributed by atoms with Crippen molar-refractivity contribution in [3.63, 3.8) is 0 Å². The van der Waals surface area contributed by atoms with Gasteiger partial charge in [-0.25, -0.2) is 4.98 Å². The van der Waals surface area contributed by atoms with E-state index in [4.69, 9.17) is 9.40 Å². The molecule has 5 rings (SSSR count). The molecule has 31 heavy (non-hydrogen) atoms. The van der Waals surface area contributed by atoms with Crippen LogP contribution in [0, 0.1) is 27.7 Å². The lowest BCUT2D eigenvalue weighted by atomic mass is 10.0. The van der Waals surface area contributed by atoms with Crippen molar-refractivity contribution in [2.75, 3.05) is 5.32 Å². The van der Waals surface area contributed by atoms with Crippen molar-refractivity contribution < 1.29 is 9.21 Å². The summed E-state index contributed by atoms with van der Waals surface area (Å²) in [5.74, 6) is 0.109. The molecule has 3 aromatic carbocycles. The van der Waals surface area contributed by atoms with E-state index in [0.29, 0.717) is 5.76 Å². The number of rotatable bonds is 3. The zero-order valence-corrected chi connectivity index (χ0v) is 18.7. The smallest absolute Gasteiger partial charge is 0.291 e. The van der Waals surface area contributed by atoms with Crippen molar-refractivity contribution in [2.45, 2.75) is 27.7 Å². The Balaban J connectivity index is 1.39. The van der Waals surface area contributed by atoms with Gasteiger partial charge < -0.3 is 9.73 Å². The fraction of sp³-hybridized carbons (Fsp3) is 0.154. The number of aryl methyl sites for hydroxylation is 4. The lowest BCUT2D eigenvalue weighted by Crippen LogP contribution is -2.11. The van der Waals surface area contributed by atoms with Gasteiger partial charge in [-0.05, 0) is 92.9 Å². The van der Waals surface area contributed by atoms with Crippen molar-refractivity contribution in [1.29, 1.82) is 0 Å². The van der Waals surface area contributed by atoms with E-state index in [0.717, 1.165) is 43.9 Å². The number of carbonyl (C=O) groups excluding carboxylic acids is 1. The number of amides is 1. The Morgan fingerprint density at radius 2 is 1.68 bits per heavy atom. The molecule has 0 aliphatic rings. The number of nitrogens with zero attached hydrogens (tertiary/aromatic N) is 1. The molecule has 0 saturated heterocycles. The average molecular weight is 427 g/mol. The Kier molecular flexibility index (Phi) is 4.63.